The maximum absolute atomic E-state index is 5.95. The van der Waals surface area contributed by atoms with Gasteiger partial charge in [-0.25, -0.2) is 0 Å². The summed E-state index contributed by atoms with van der Waals surface area (Å²) in [5, 5.41) is 0. The lowest BCUT2D eigenvalue weighted by Crippen LogP contribution is -2.16. The van der Waals surface area contributed by atoms with E-state index in [1.54, 1.807) is 0 Å². The number of hydrogen-bond donors (Lipinski definition) is 0. The summed E-state index contributed by atoms with van der Waals surface area (Å²) in [5.41, 5.74) is 1.22. The Morgan fingerprint density at radius 2 is 1.72 bits per heavy atom. The van der Waals surface area contributed by atoms with Crippen LogP contribution in [-0.2, 0) is 19.8 Å². The third-order valence-electron chi connectivity index (χ3n) is 3.13. The van der Waals surface area contributed by atoms with Gasteiger partial charge in [-0.3, -0.25) is 0 Å². The van der Waals surface area contributed by atoms with Gasteiger partial charge in [-0.05, 0) is 31.4 Å². The second-order valence-corrected chi connectivity index (χ2v) is 4.44. The lowest BCUT2D eigenvalue weighted by Gasteiger charge is -2.17. The molecule has 0 spiro atoms. The van der Waals surface area contributed by atoms with Crippen LogP contribution in [0.1, 0.15) is 25.3 Å². The van der Waals surface area contributed by atoms with Gasteiger partial charge in [-0.15, -0.1) is 0 Å². The van der Waals surface area contributed by atoms with Crippen molar-refractivity contribution in [3.8, 4) is 0 Å². The van der Waals surface area contributed by atoms with Gasteiger partial charge in [0.05, 0.1) is 32.0 Å². The van der Waals surface area contributed by atoms with Crippen LogP contribution in [0.3, 0.4) is 0 Å². The first-order valence-corrected chi connectivity index (χ1v) is 6.63. The molecule has 1 aliphatic carbocycles. The van der Waals surface area contributed by atoms with E-state index in [9.17, 15) is 0 Å². The topological polar surface area (TPSA) is 27.7 Å². The summed E-state index contributed by atoms with van der Waals surface area (Å²) in [6, 6.07) is 11.1. The molecule has 0 aliphatic heterocycles. The van der Waals surface area contributed by atoms with Crippen LogP contribution in [0.25, 0.3) is 0 Å². The minimum Gasteiger partial charge on any atom is -0.379 e. The van der Waals surface area contributed by atoms with Gasteiger partial charge in [0.1, 0.15) is 0 Å². The Morgan fingerprint density at radius 1 is 1.06 bits per heavy atom. The van der Waals surface area contributed by atoms with E-state index in [-0.39, 0.29) is 5.60 Å². The molecule has 1 fully saturated rings. The molecule has 0 N–H and O–H groups in total. The lowest BCUT2D eigenvalue weighted by molar-refractivity contribution is -0.0230. The first-order valence-electron chi connectivity index (χ1n) is 6.63. The van der Waals surface area contributed by atoms with E-state index >= 15 is 0 Å². The fraction of sp³-hybridized carbons (Fsp3) is 0.600. The molecule has 1 saturated carbocycles. The third kappa shape index (κ3) is 3.80. The van der Waals surface area contributed by atoms with Crippen molar-refractivity contribution < 1.29 is 14.2 Å². The Labute approximate surface area is 109 Å². The number of hydrogen-bond acceptors (Lipinski definition) is 3. The summed E-state index contributed by atoms with van der Waals surface area (Å²) < 4.78 is 16.6. The molecule has 1 aromatic carbocycles. The second kappa shape index (κ2) is 6.88. The molecule has 0 unspecified atom stereocenters. The third-order valence-corrected chi connectivity index (χ3v) is 3.13. The Morgan fingerprint density at radius 3 is 2.39 bits per heavy atom. The Kier molecular flexibility index (Phi) is 5.17. The van der Waals surface area contributed by atoms with Crippen LogP contribution in [0.4, 0.5) is 0 Å². The molecule has 0 saturated heterocycles. The summed E-state index contributed by atoms with van der Waals surface area (Å²) in [6.45, 7) is 5.31. The molecule has 3 nitrogen and oxygen atoms in total. The first kappa shape index (κ1) is 13.5. The summed E-state index contributed by atoms with van der Waals surface area (Å²) in [4.78, 5) is 0. The molecule has 2 rings (SSSR count). The molecule has 99 valence electrons. The highest BCUT2D eigenvalue weighted by molar-refractivity contribution is 5.27. The minimum absolute atomic E-state index is 0.0433. The zero-order chi connectivity index (χ0) is 12.7. The fourth-order valence-corrected chi connectivity index (χ4v) is 1.98. The molecule has 0 bridgehead atoms. The van der Waals surface area contributed by atoms with Crippen molar-refractivity contribution in [2.75, 3.05) is 33.0 Å². The smallest absolute Gasteiger partial charge is 0.0934 e. The van der Waals surface area contributed by atoms with Gasteiger partial charge >= 0.3 is 0 Å². The SMILES string of the molecule is CCOCCOCCOC1(c2cc[c]cc2)CC1. The maximum atomic E-state index is 5.95. The zero-order valence-electron chi connectivity index (χ0n) is 11.0. The van der Waals surface area contributed by atoms with E-state index in [0.29, 0.717) is 26.4 Å². The van der Waals surface area contributed by atoms with Crippen molar-refractivity contribution >= 4 is 0 Å². The lowest BCUT2D eigenvalue weighted by atomic mass is 10.1. The van der Waals surface area contributed by atoms with Crippen molar-refractivity contribution in [3.63, 3.8) is 0 Å². The van der Waals surface area contributed by atoms with E-state index in [0.717, 1.165) is 19.4 Å². The molecule has 0 aromatic heterocycles. The number of ether oxygens (including phenoxy) is 3. The van der Waals surface area contributed by atoms with Gasteiger partial charge in [-0.1, -0.05) is 24.3 Å². The van der Waals surface area contributed by atoms with Crippen molar-refractivity contribution in [3.05, 3.63) is 35.9 Å². The predicted octanol–water partition coefficient (Wildman–Crippen LogP) is 2.55. The van der Waals surface area contributed by atoms with E-state index in [1.165, 1.54) is 5.56 Å². The van der Waals surface area contributed by atoms with Crippen LogP contribution >= 0.6 is 0 Å². The van der Waals surface area contributed by atoms with Crippen LogP contribution in [0, 0.1) is 6.07 Å². The number of rotatable bonds is 9. The molecule has 18 heavy (non-hydrogen) atoms. The molecule has 1 aliphatic rings. The van der Waals surface area contributed by atoms with Crippen LogP contribution in [0.2, 0.25) is 0 Å². The molecule has 0 atom stereocenters. The molecule has 3 heteroatoms. The average Bonchev–Trinajstić information content (AvgIpc) is 3.20. The zero-order valence-corrected chi connectivity index (χ0v) is 11.0. The normalized spacial score (nSPS) is 16.7. The van der Waals surface area contributed by atoms with Crippen LogP contribution in [-0.4, -0.2) is 33.0 Å². The van der Waals surface area contributed by atoms with E-state index in [4.69, 9.17) is 14.2 Å². The van der Waals surface area contributed by atoms with Gasteiger partial charge in [-0.2, -0.15) is 0 Å². The highest BCUT2D eigenvalue weighted by atomic mass is 16.6. The molecular weight excluding hydrogens is 228 g/mol. The van der Waals surface area contributed by atoms with Crippen molar-refractivity contribution in [1.82, 2.24) is 0 Å². The molecule has 1 radical (unpaired) electrons. The molecule has 0 heterocycles. The van der Waals surface area contributed by atoms with Crippen molar-refractivity contribution in [2.24, 2.45) is 0 Å². The Hall–Kier alpha value is -0.900. The Bertz CT molecular complexity index is 333. The number of benzene rings is 1. The van der Waals surface area contributed by atoms with Crippen molar-refractivity contribution in [2.45, 2.75) is 25.4 Å². The molecule has 0 amide bonds. The van der Waals surface area contributed by atoms with E-state index in [2.05, 4.69) is 18.2 Å². The summed E-state index contributed by atoms with van der Waals surface area (Å²) in [5.74, 6) is 0. The first-order chi connectivity index (χ1) is 8.87. The second-order valence-electron chi connectivity index (χ2n) is 4.44. The van der Waals surface area contributed by atoms with Gasteiger partial charge in [0.25, 0.3) is 0 Å². The summed E-state index contributed by atoms with van der Waals surface area (Å²) >= 11 is 0. The maximum Gasteiger partial charge on any atom is 0.0934 e. The van der Waals surface area contributed by atoms with Gasteiger partial charge in [0.15, 0.2) is 0 Å². The average molecular weight is 249 g/mol. The van der Waals surface area contributed by atoms with E-state index in [1.807, 2.05) is 19.1 Å². The highest BCUT2D eigenvalue weighted by Crippen LogP contribution is 2.48. The van der Waals surface area contributed by atoms with Crippen molar-refractivity contribution in [1.29, 1.82) is 0 Å². The van der Waals surface area contributed by atoms with Crippen LogP contribution in [0.15, 0.2) is 24.3 Å². The summed E-state index contributed by atoms with van der Waals surface area (Å²) in [7, 11) is 0. The largest absolute Gasteiger partial charge is 0.379 e. The van der Waals surface area contributed by atoms with Gasteiger partial charge in [0.2, 0.25) is 0 Å². The quantitative estimate of drug-likeness (QED) is 0.629. The fourth-order valence-electron chi connectivity index (χ4n) is 1.98. The Balaban J connectivity index is 1.62. The predicted molar refractivity (Wildman–Crippen MR) is 69.5 cm³/mol. The molecular formula is C15H21O3. The van der Waals surface area contributed by atoms with Gasteiger partial charge in [0, 0.05) is 6.61 Å². The minimum atomic E-state index is -0.0433. The van der Waals surface area contributed by atoms with Gasteiger partial charge < -0.3 is 14.2 Å². The monoisotopic (exact) mass is 249 g/mol. The highest BCUT2D eigenvalue weighted by Gasteiger charge is 2.45. The van der Waals surface area contributed by atoms with Crippen LogP contribution in [0.5, 0.6) is 0 Å². The summed E-state index contributed by atoms with van der Waals surface area (Å²) in [6.07, 6.45) is 2.21. The molecule has 1 aromatic rings. The van der Waals surface area contributed by atoms with E-state index < -0.39 is 0 Å². The van der Waals surface area contributed by atoms with Crippen LogP contribution < -0.4 is 0 Å². The standard InChI is InChI=1S/C15H21O3/c1-2-16-10-11-17-12-13-18-15(8-9-15)14-6-4-3-5-7-14/h4-7H,2,8-13H2,1H3.